The van der Waals surface area contributed by atoms with E-state index in [9.17, 15) is 4.79 Å². The predicted octanol–water partition coefficient (Wildman–Crippen LogP) is 2.89. The van der Waals surface area contributed by atoms with Gasteiger partial charge in [0.05, 0.1) is 12.9 Å². The first-order valence-corrected chi connectivity index (χ1v) is 9.03. The molecule has 0 fully saturated rings. The Kier molecular flexibility index (Phi) is 6.66. The summed E-state index contributed by atoms with van der Waals surface area (Å²) < 4.78 is 7.14. The van der Waals surface area contributed by atoms with Gasteiger partial charge in [0.1, 0.15) is 5.75 Å². The highest BCUT2D eigenvalue weighted by Crippen LogP contribution is 2.25. The number of nitrogens with one attached hydrogen (secondary N) is 1. The maximum atomic E-state index is 12.0. The molecule has 1 N–H and O–H groups in total. The number of hydrogen-bond donors (Lipinski definition) is 1. The molecule has 0 atom stereocenters. The molecule has 7 heteroatoms. The number of hydrogen-bond acceptors (Lipinski definition) is 5. The van der Waals surface area contributed by atoms with Gasteiger partial charge >= 0.3 is 0 Å². The van der Waals surface area contributed by atoms with Crippen molar-refractivity contribution in [1.82, 2.24) is 20.1 Å². The lowest BCUT2D eigenvalue weighted by Gasteiger charge is -2.14. The van der Waals surface area contributed by atoms with Gasteiger partial charge in [0, 0.05) is 18.7 Å². The molecule has 1 aromatic heterocycles. The van der Waals surface area contributed by atoms with E-state index in [0.29, 0.717) is 10.9 Å². The molecule has 0 aliphatic heterocycles. The average Bonchev–Trinajstić information content (AvgIpc) is 2.98. The van der Waals surface area contributed by atoms with E-state index in [1.165, 1.54) is 11.8 Å². The van der Waals surface area contributed by atoms with Crippen LogP contribution >= 0.6 is 11.8 Å². The van der Waals surface area contributed by atoms with Crippen LogP contribution < -0.4 is 10.1 Å². The molecule has 1 amide bonds. The summed E-state index contributed by atoms with van der Waals surface area (Å²) in [7, 11) is 3.53. The van der Waals surface area contributed by atoms with Crippen molar-refractivity contribution in [3.05, 3.63) is 24.3 Å². The van der Waals surface area contributed by atoms with Crippen LogP contribution in [-0.4, -0.2) is 39.6 Å². The lowest BCUT2D eigenvalue weighted by atomic mass is 10.2. The Morgan fingerprint density at radius 3 is 2.75 bits per heavy atom. The predicted molar refractivity (Wildman–Crippen MR) is 96.2 cm³/mol. The first kappa shape index (κ1) is 18.3. The van der Waals surface area contributed by atoms with E-state index >= 15 is 0 Å². The average molecular weight is 348 g/mol. The van der Waals surface area contributed by atoms with Gasteiger partial charge in [-0.3, -0.25) is 4.79 Å². The van der Waals surface area contributed by atoms with Crippen LogP contribution in [0.5, 0.6) is 5.75 Å². The molecule has 0 unspecified atom stereocenters. The molecule has 0 saturated carbocycles. The van der Waals surface area contributed by atoms with E-state index in [-0.39, 0.29) is 11.9 Å². The van der Waals surface area contributed by atoms with E-state index in [2.05, 4.69) is 29.4 Å². The summed E-state index contributed by atoms with van der Waals surface area (Å²) in [5.41, 5.74) is 0.928. The summed E-state index contributed by atoms with van der Waals surface area (Å²) in [5, 5.41) is 12.2. The molecule has 0 aliphatic rings. The second kappa shape index (κ2) is 8.73. The fourth-order valence-electron chi connectivity index (χ4n) is 2.35. The van der Waals surface area contributed by atoms with E-state index in [1.807, 2.05) is 35.9 Å². The van der Waals surface area contributed by atoms with E-state index in [0.717, 1.165) is 30.0 Å². The number of amides is 1. The topological polar surface area (TPSA) is 69.0 Å². The monoisotopic (exact) mass is 348 g/mol. The fraction of sp³-hybridized carbons (Fsp3) is 0.471. The Balaban J connectivity index is 2.03. The maximum absolute atomic E-state index is 12.0. The molecular weight excluding hydrogens is 324 g/mol. The van der Waals surface area contributed by atoms with Crippen LogP contribution in [-0.2, 0) is 11.8 Å². The second-order valence-corrected chi connectivity index (χ2v) is 6.41. The Labute approximate surface area is 147 Å². The summed E-state index contributed by atoms with van der Waals surface area (Å²) in [6.07, 6.45) is 1.88. The number of thioether (sulfide) groups is 1. The van der Waals surface area contributed by atoms with Crippen molar-refractivity contribution in [1.29, 1.82) is 0 Å². The zero-order valence-electron chi connectivity index (χ0n) is 14.6. The number of methoxy groups -OCH3 is 1. The van der Waals surface area contributed by atoms with Gasteiger partial charge in [-0.1, -0.05) is 37.7 Å². The summed E-state index contributed by atoms with van der Waals surface area (Å²) in [6.45, 7) is 4.15. The lowest BCUT2D eigenvalue weighted by Crippen LogP contribution is -2.35. The van der Waals surface area contributed by atoms with E-state index in [4.69, 9.17) is 4.74 Å². The van der Waals surface area contributed by atoms with Gasteiger partial charge in [-0.05, 0) is 25.0 Å². The van der Waals surface area contributed by atoms with E-state index in [1.54, 1.807) is 7.11 Å². The molecule has 1 aromatic carbocycles. The van der Waals surface area contributed by atoms with Crippen molar-refractivity contribution in [3.63, 3.8) is 0 Å². The van der Waals surface area contributed by atoms with Crippen molar-refractivity contribution in [2.24, 2.45) is 7.05 Å². The summed E-state index contributed by atoms with van der Waals surface area (Å²) in [4.78, 5) is 12.0. The largest absolute Gasteiger partial charge is 0.497 e. The van der Waals surface area contributed by atoms with Gasteiger partial charge in [-0.15, -0.1) is 10.2 Å². The molecule has 24 heavy (non-hydrogen) atoms. The molecule has 1 heterocycles. The SMILES string of the molecule is CCC(CC)NC(=O)CSc1nnc(-c2cccc(OC)c2)n1C. The first-order chi connectivity index (χ1) is 11.6. The number of benzene rings is 1. The van der Waals surface area contributed by atoms with Crippen LogP contribution in [0.25, 0.3) is 11.4 Å². The normalized spacial score (nSPS) is 10.9. The molecule has 0 radical (unpaired) electrons. The Hall–Kier alpha value is -2.02. The lowest BCUT2D eigenvalue weighted by molar-refractivity contribution is -0.119. The first-order valence-electron chi connectivity index (χ1n) is 8.05. The van der Waals surface area contributed by atoms with Crippen molar-refractivity contribution in [3.8, 4) is 17.1 Å². The van der Waals surface area contributed by atoms with Crippen molar-refractivity contribution in [2.75, 3.05) is 12.9 Å². The van der Waals surface area contributed by atoms with Crippen LogP contribution in [0.4, 0.5) is 0 Å². The van der Waals surface area contributed by atoms with Gasteiger partial charge in [0.25, 0.3) is 0 Å². The van der Waals surface area contributed by atoms with Gasteiger partial charge in [-0.2, -0.15) is 0 Å². The number of carbonyl (C=O) groups is 1. The highest BCUT2D eigenvalue weighted by molar-refractivity contribution is 7.99. The Bertz CT molecular complexity index is 683. The van der Waals surface area contributed by atoms with Crippen LogP contribution in [0.1, 0.15) is 26.7 Å². The molecule has 2 aromatic rings. The van der Waals surface area contributed by atoms with Crippen LogP contribution in [0.15, 0.2) is 29.4 Å². The molecule has 0 spiro atoms. The fourth-order valence-corrected chi connectivity index (χ4v) is 3.07. The van der Waals surface area contributed by atoms with Gasteiger partial charge in [-0.25, -0.2) is 0 Å². The minimum absolute atomic E-state index is 0.0274. The minimum atomic E-state index is 0.0274. The number of ether oxygens (including phenoxy) is 1. The second-order valence-electron chi connectivity index (χ2n) is 5.47. The zero-order valence-corrected chi connectivity index (χ0v) is 15.4. The van der Waals surface area contributed by atoms with Crippen LogP contribution in [0.2, 0.25) is 0 Å². The Morgan fingerprint density at radius 2 is 2.08 bits per heavy atom. The number of aromatic nitrogens is 3. The minimum Gasteiger partial charge on any atom is -0.497 e. The molecule has 0 bridgehead atoms. The number of nitrogens with zero attached hydrogens (tertiary/aromatic N) is 3. The molecule has 130 valence electrons. The highest BCUT2D eigenvalue weighted by Gasteiger charge is 2.14. The Morgan fingerprint density at radius 1 is 1.33 bits per heavy atom. The highest BCUT2D eigenvalue weighted by atomic mass is 32.2. The smallest absolute Gasteiger partial charge is 0.230 e. The van der Waals surface area contributed by atoms with Crippen molar-refractivity contribution < 1.29 is 9.53 Å². The van der Waals surface area contributed by atoms with Crippen LogP contribution in [0.3, 0.4) is 0 Å². The molecular formula is C17H24N4O2S. The molecule has 0 saturated heterocycles. The third kappa shape index (κ3) is 4.50. The quantitative estimate of drug-likeness (QED) is 0.743. The van der Waals surface area contributed by atoms with Crippen molar-refractivity contribution >= 4 is 17.7 Å². The zero-order chi connectivity index (χ0) is 17.5. The van der Waals surface area contributed by atoms with Crippen LogP contribution in [0, 0.1) is 0 Å². The number of rotatable bonds is 8. The summed E-state index contributed by atoms with van der Waals surface area (Å²) >= 11 is 1.39. The molecule has 0 aliphatic carbocycles. The van der Waals surface area contributed by atoms with Gasteiger partial charge < -0.3 is 14.6 Å². The van der Waals surface area contributed by atoms with Gasteiger partial charge in [0.15, 0.2) is 11.0 Å². The third-order valence-electron chi connectivity index (χ3n) is 3.85. The standard InChI is InChI=1S/C17H24N4O2S/c1-5-13(6-2)18-15(22)11-24-17-20-19-16(21(17)3)12-8-7-9-14(10-12)23-4/h7-10,13H,5-6,11H2,1-4H3,(H,18,22). The summed E-state index contributed by atoms with van der Waals surface area (Å²) in [6, 6.07) is 7.92. The third-order valence-corrected chi connectivity index (χ3v) is 4.87. The van der Waals surface area contributed by atoms with E-state index < -0.39 is 0 Å². The van der Waals surface area contributed by atoms with Gasteiger partial charge in [0.2, 0.25) is 5.91 Å². The van der Waals surface area contributed by atoms with Crippen molar-refractivity contribution in [2.45, 2.75) is 37.9 Å². The molecule has 6 nitrogen and oxygen atoms in total. The number of carbonyl (C=O) groups excluding carboxylic acids is 1. The molecule has 2 rings (SSSR count). The summed E-state index contributed by atoms with van der Waals surface area (Å²) in [5.74, 6) is 1.88. The maximum Gasteiger partial charge on any atom is 0.230 e.